The van der Waals surface area contributed by atoms with Gasteiger partial charge >= 0.3 is 0 Å². The number of aliphatic imine (C=N–C) groups is 1. The number of ether oxygens (including phenoxy) is 1. The van der Waals surface area contributed by atoms with Crippen LogP contribution in [0.2, 0.25) is 5.02 Å². The Morgan fingerprint density at radius 3 is 2.48 bits per heavy atom. The Hall–Kier alpha value is -2.72. The van der Waals surface area contributed by atoms with Crippen molar-refractivity contribution in [1.29, 1.82) is 0 Å². The Balaban J connectivity index is 1.57. The average Bonchev–Trinajstić information content (AvgIpc) is 2.81. The molecule has 0 aromatic heterocycles. The van der Waals surface area contributed by atoms with Crippen molar-refractivity contribution < 1.29 is 23.7 Å². The summed E-state index contributed by atoms with van der Waals surface area (Å²) < 4.78 is 34.0. The maximum absolute atomic E-state index is 14.1. The number of halogens is 3. The number of nitrogens with one attached hydrogen (secondary N) is 3. The van der Waals surface area contributed by atoms with Crippen LogP contribution >= 0.6 is 11.6 Å². The fourth-order valence-corrected chi connectivity index (χ4v) is 3.49. The summed E-state index contributed by atoms with van der Waals surface area (Å²) in [5, 5.41) is 28.4. The van der Waals surface area contributed by atoms with Crippen molar-refractivity contribution in [2.24, 2.45) is 4.99 Å². The maximum Gasteiger partial charge on any atom is 0.274 e. The minimum Gasteiger partial charge on any atom is -0.486 e. The molecule has 2 aromatic carbocycles. The van der Waals surface area contributed by atoms with Gasteiger partial charge in [-0.2, -0.15) is 0 Å². The zero-order valence-electron chi connectivity index (χ0n) is 18.2. The topological polar surface area (TPSA) is 98.1 Å². The van der Waals surface area contributed by atoms with E-state index in [1.54, 1.807) is 43.6 Å². The second-order valence-electron chi connectivity index (χ2n) is 7.48. The lowest BCUT2D eigenvalue weighted by Gasteiger charge is -2.22. The third-order valence-electron chi connectivity index (χ3n) is 5.09. The van der Waals surface area contributed by atoms with Gasteiger partial charge in [0.15, 0.2) is 0 Å². The lowest BCUT2D eigenvalue weighted by atomic mass is 10.1. The van der Waals surface area contributed by atoms with Gasteiger partial charge in [0.2, 0.25) is 6.35 Å². The van der Waals surface area contributed by atoms with E-state index in [1.165, 1.54) is 25.1 Å². The summed E-state index contributed by atoms with van der Waals surface area (Å²) in [6.45, 7) is 1.38. The molecule has 3 rings (SSSR count). The van der Waals surface area contributed by atoms with E-state index < -0.39 is 18.5 Å². The van der Waals surface area contributed by atoms with Crippen LogP contribution in [0.4, 0.5) is 20.2 Å². The summed E-state index contributed by atoms with van der Waals surface area (Å²) in [4.78, 5) is 4.15. The first kappa shape index (κ1) is 24.9. The highest BCUT2D eigenvalue weighted by molar-refractivity contribution is 6.31. The molecule has 3 atom stereocenters. The van der Waals surface area contributed by atoms with E-state index in [4.69, 9.17) is 16.3 Å². The number of hydrogen-bond donors (Lipinski definition) is 5. The number of rotatable bonds is 10. The van der Waals surface area contributed by atoms with Gasteiger partial charge in [0.1, 0.15) is 18.1 Å². The summed E-state index contributed by atoms with van der Waals surface area (Å²) in [6, 6.07) is 11.0. The minimum atomic E-state index is -3.06. The standard InChI is InChI=1S/C23H27ClF2N4O3/c1-3-23(25,26)18-12-15(6-9-19(18)24)30-22(32)29-14-4-7-16(8-5-14)33-17-10-11-28-20(13-17)21(31)27-2/h4-12,17,21-22,27,29-32H,3,13H2,1-2H3. The quantitative estimate of drug-likeness (QED) is 0.325. The molecular formula is C23H27ClF2N4O3. The molecule has 0 radical (unpaired) electrons. The van der Waals surface area contributed by atoms with E-state index in [-0.39, 0.29) is 23.1 Å². The van der Waals surface area contributed by atoms with Crippen LogP contribution in [-0.4, -0.2) is 41.7 Å². The molecule has 0 saturated carbocycles. The van der Waals surface area contributed by atoms with E-state index in [0.29, 0.717) is 29.3 Å². The third kappa shape index (κ3) is 6.64. The van der Waals surface area contributed by atoms with Crippen molar-refractivity contribution in [3.63, 3.8) is 0 Å². The van der Waals surface area contributed by atoms with Crippen LogP contribution in [0.5, 0.6) is 5.75 Å². The van der Waals surface area contributed by atoms with E-state index in [1.807, 2.05) is 0 Å². The predicted octanol–water partition coefficient (Wildman–Crippen LogP) is 4.29. The highest BCUT2D eigenvalue weighted by Crippen LogP contribution is 2.37. The Kier molecular flexibility index (Phi) is 8.25. The molecule has 33 heavy (non-hydrogen) atoms. The van der Waals surface area contributed by atoms with Gasteiger partial charge in [-0.25, -0.2) is 8.78 Å². The molecule has 1 aliphatic rings. The van der Waals surface area contributed by atoms with Crippen LogP contribution in [0.25, 0.3) is 0 Å². The number of alkyl halides is 2. The molecule has 0 bridgehead atoms. The zero-order valence-corrected chi connectivity index (χ0v) is 19.0. The van der Waals surface area contributed by atoms with E-state index >= 15 is 0 Å². The van der Waals surface area contributed by atoms with Crippen LogP contribution < -0.4 is 20.7 Å². The van der Waals surface area contributed by atoms with Crippen molar-refractivity contribution in [3.8, 4) is 5.75 Å². The average molecular weight is 481 g/mol. The van der Waals surface area contributed by atoms with Crippen molar-refractivity contribution in [1.82, 2.24) is 5.32 Å². The highest BCUT2D eigenvalue weighted by atomic mass is 35.5. The molecule has 5 N–H and O–H groups in total. The predicted molar refractivity (Wildman–Crippen MR) is 126 cm³/mol. The monoisotopic (exact) mass is 480 g/mol. The van der Waals surface area contributed by atoms with Gasteiger partial charge in [-0.05, 0) is 55.6 Å². The molecule has 2 aromatic rings. The molecule has 3 unspecified atom stereocenters. The summed E-state index contributed by atoms with van der Waals surface area (Å²) >= 11 is 5.92. The van der Waals surface area contributed by atoms with Gasteiger partial charge in [0, 0.05) is 41.0 Å². The molecule has 0 spiro atoms. The number of anilines is 2. The molecule has 0 saturated heterocycles. The first-order valence-electron chi connectivity index (χ1n) is 10.5. The normalized spacial score (nSPS) is 17.8. The minimum absolute atomic E-state index is 0.0305. The van der Waals surface area contributed by atoms with Gasteiger partial charge in [0.05, 0.1) is 5.71 Å². The Bertz CT molecular complexity index is 1000. The number of benzene rings is 2. The largest absolute Gasteiger partial charge is 0.486 e. The third-order valence-corrected chi connectivity index (χ3v) is 5.42. The number of aliphatic hydroxyl groups is 2. The molecule has 0 aliphatic carbocycles. The van der Waals surface area contributed by atoms with Gasteiger partial charge < -0.3 is 25.6 Å². The number of nitrogens with zero attached hydrogens (tertiary/aromatic N) is 1. The van der Waals surface area contributed by atoms with E-state index in [2.05, 4.69) is 20.9 Å². The fourth-order valence-electron chi connectivity index (χ4n) is 3.23. The van der Waals surface area contributed by atoms with Crippen molar-refractivity contribution in [2.75, 3.05) is 17.7 Å². The van der Waals surface area contributed by atoms with Crippen molar-refractivity contribution in [2.45, 2.75) is 44.4 Å². The summed E-state index contributed by atoms with van der Waals surface area (Å²) in [7, 11) is 1.64. The molecule has 0 fully saturated rings. The molecule has 1 aliphatic heterocycles. The van der Waals surface area contributed by atoms with Crippen LogP contribution in [-0.2, 0) is 5.92 Å². The highest BCUT2D eigenvalue weighted by Gasteiger charge is 2.31. The van der Waals surface area contributed by atoms with Crippen LogP contribution in [0, 0.1) is 0 Å². The summed E-state index contributed by atoms with van der Waals surface area (Å²) in [5.74, 6) is -2.46. The van der Waals surface area contributed by atoms with Crippen LogP contribution in [0.15, 0.2) is 59.7 Å². The number of hydrogen-bond acceptors (Lipinski definition) is 7. The first-order valence-corrected chi connectivity index (χ1v) is 10.8. The maximum atomic E-state index is 14.1. The van der Waals surface area contributed by atoms with Gasteiger partial charge in [-0.15, -0.1) is 0 Å². The van der Waals surface area contributed by atoms with Crippen LogP contribution in [0.3, 0.4) is 0 Å². The first-order chi connectivity index (χ1) is 15.7. The lowest BCUT2D eigenvalue weighted by Crippen LogP contribution is -2.37. The Morgan fingerprint density at radius 1 is 1.15 bits per heavy atom. The number of aliphatic hydroxyl groups excluding tert-OH is 2. The molecule has 1 heterocycles. The second kappa shape index (κ2) is 10.9. The van der Waals surface area contributed by atoms with Gasteiger partial charge in [-0.3, -0.25) is 10.3 Å². The van der Waals surface area contributed by atoms with Gasteiger partial charge in [0.25, 0.3) is 5.92 Å². The molecule has 7 nitrogen and oxygen atoms in total. The second-order valence-corrected chi connectivity index (χ2v) is 7.89. The Morgan fingerprint density at radius 2 is 1.82 bits per heavy atom. The summed E-state index contributed by atoms with van der Waals surface area (Å²) in [5.41, 5.74) is 1.17. The van der Waals surface area contributed by atoms with Crippen molar-refractivity contribution in [3.05, 3.63) is 65.3 Å². The molecule has 0 amide bonds. The molecular weight excluding hydrogens is 454 g/mol. The Labute approximate surface area is 196 Å². The van der Waals surface area contributed by atoms with Gasteiger partial charge in [-0.1, -0.05) is 18.5 Å². The van der Waals surface area contributed by atoms with E-state index in [0.717, 1.165) is 0 Å². The smallest absolute Gasteiger partial charge is 0.274 e. The molecule has 178 valence electrons. The van der Waals surface area contributed by atoms with E-state index in [9.17, 15) is 19.0 Å². The summed E-state index contributed by atoms with van der Waals surface area (Å²) in [6.07, 6.45) is 1.13. The lowest BCUT2D eigenvalue weighted by molar-refractivity contribution is -0.00814. The fraction of sp³-hybridized carbons (Fsp3) is 0.348. The zero-order chi connectivity index (χ0) is 24.0. The van der Waals surface area contributed by atoms with Crippen LogP contribution in [0.1, 0.15) is 25.3 Å². The SMILES string of the molecule is CCC(F)(F)c1cc(NC(O)Nc2ccc(OC3C=CN=C(C(O)NC)C3)cc2)ccc1Cl. The molecule has 10 heteroatoms. The van der Waals surface area contributed by atoms with Crippen molar-refractivity contribution >= 4 is 28.7 Å².